The molecule has 0 spiro atoms. The van der Waals surface area contributed by atoms with Crippen LogP contribution in [0.1, 0.15) is 23.3 Å². The third kappa shape index (κ3) is 6.66. The van der Waals surface area contributed by atoms with Crippen molar-refractivity contribution in [3.8, 4) is 10.4 Å². The van der Waals surface area contributed by atoms with E-state index in [1.807, 2.05) is 18.2 Å². The number of carbonyl (C=O) groups excluding carboxylic acids is 1. The Hall–Kier alpha value is -3.17. The summed E-state index contributed by atoms with van der Waals surface area (Å²) in [5.74, 6) is -1.99. The molecule has 1 aromatic carbocycles. The molecule has 9 heteroatoms. The minimum atomic E-state index is -1.26. The Morgan fingerprint density at radius 1 is 1.06 bits per heavy atom. The lowest BCUT2D eigenvalue weighted by Gasteiger charge is -2.43. The number of carbonyl (C=O) groups is 3. The predicted octanol–water partition coefficient (Wildman–Crippen LogP) is 4.39. The Morgan fingerprint density at radius 3 is 2.18 bits per heavy atom. The Morgan fingerprint density at radius 2 is 1.67 bits per heavy atom. The zero-order chi connectivity index (χ0) is 24.0. The summed E-state index contributed by atoms with van der Waals surface area (Å²) in [4.78, 5) is 36.4. The highest BCUT2D eigenvalue weighted by atomic mass is 32.1. The van der Waals surface area contributed by atoms with Gasteiger partial charge in [0.1, 0.15) is 6.10 Å². The highest BCUT2D eigenvalue weighted by Crippen LogP contribution is 2.40. The van der Waals surface area contributed by atoms with E-state index in [0.29, 0.717) is 18.1 Å². The van der Waals surface area contributed by atoms with E-state index in [4.69, 9.17) is 14.9 Å². The number of carboxylic acids is 2. The molecule has 1 amide bonds. The number of carboxylic acid groups (broad SMARTS) is 2. The van der Waals surface area contributed by atoms with Crippen LogP contribution in [0.5, 0.6) is 0 Å². The second kappa shape index (κ2) is 11.1. The monoisotopic (exact) mass is 472 g/mol. The van der Waals surface area contributed by atoms with Gasteiger partial charge < -0.3 is 14.9 Å². The van der Waals surface area contributed by atoms with Crippen LogP contribution in [0.4, 0.5) is 10.5 Å². The standard InChI is InChI=1S/C20H24N2O2S.C4H4O4/c1-13-14(2)25-19(16-6-4-3-5-7-16)18(13)21-20(23)24-17-12-22-10-8-15(17)9-11-22;5-3(6)1-2-4(7)8/h3-7,15,17H,8-12H2,1-2H3,(H,21,23);1-2H,(H,5,6)(H,7,8)/b;2-1+/t17-;/m0./s1. The number of nitrogens with one attached hydrogen (secondary N) is 1. The van der Waals surface area contributed by atoms with E-state index in [9.17, 15) is 14.4 Å². The number of anilines is 1. The topological polar surface area (TPSA) is 116 Å². The molecule has 4 heterocycles. The van der Waals surface area contributed by atoms with Crippen LogP contribution in [0.2, 0.25) is 0 Å². The lowest BCUT2D eigenvalue weighted by Crippen LogP contribution is -2.52. The summed E-state index contributed by atoms with van der Waals surface area (Å²) >= 11 is 1.72. The number of ether oxygens (including phenoxy) is 1. The van der Waals surface area contributed by atoms with Crippen LogP contribution in [-0.4, -0.2) is 58.9 Å². The zero-order valence-electron chi connectivity index (χ0n) is 18.6. The molecule has 3 fully saturated rings. The van der Waals surface area contributed by atoms with Crippen molar-refractivity contribution in [1.82, 2.24) is 4.90 Å². The van der Waals surface area contributed by atoms with Crippen molar-refractivity contribution in [2.24, 2.45) is 5.92 Å². The number of aryl methyl sites for hydroxylation is 1. The molecule has 33 heavy (non-hydrogen) atoms. The summed E-state index contributed by atoms with van der Waals surface area (Å²) in [5.41, 5.74) is 3.14. The van der Waals surface area contributed by atoms with Crippen molar-refractivity contribution in [3.63, 3.8) is 0 Å². The molecule has 176 valence electrons. The van der Waals surface area contributed by atoms with Crippen molar-refractivity contribution in [2.45, 2.75) is 32.8 Å². The second-order valence-electron chi connectivity index (χ2n) is 8.07. The van der Waals surface area contributed by atoms with E-state index < -0.39 is 11.9 Å². The van der Waals surface area contributed by atoms with Gasteiger partial charge in [0.2, 0.25) is 0 Å². The molecule has 2 bridgehead atoms. The van der Waals surface area contributed by atoms with Gasteiger partial charge in [0.15, 0.2) is 0 Å². The Kier molecular flexibility index (Phi) is 8.24. The van der Waals surface area contributed by atoms with E-state index in [1.165, 1.54) is 4.88 Å². The fraction of sp³-hybridized carbons (Fsp3) is 0.375. The van der Waals surface area contributed by atoms with E-state index in [1.54, 1.807) is 11.3 Å². The molecule has 8 nitrogen and oxygen atoms in total. The summed E-state index contributed by atoms with van der Waals surface area (Å²) < 4.78 is 5.80. The number of benzene rings is 1. The van der Waals surface area contributed by atoms with E-state index >= 15 is 0 Å². The van der Waals surface area contributed by atoms with Gasteiger partial charge >= 0.3 is 18.0 Å². The van der Waals surface area contributed by atoms with Crippen molar-refractivity contribution >= 4 is 35.1 Å². The third-order valence-corrected chi connectivity index (χ3v) is 7.13. The molecule has 3 N–H and O–H groups in total. The minimum absolute atomic E-state index is 0.0303. The second-order valence-corrected chi connectivity index (χ2v) is 9.29. The van der Waals surface area contributed by atoms with Gasteiger partial charge in [0, 0.05) is 23.6 Å². The number of aliphatic carboxylic acids is 2. The molecule has 0 saturated carbocycles. The molecular formula is C24H28N2O6S. The molecule has 3 aliphatic rings. The fourth-order valence-electron chi connectivity index (χ4n) is 4.03. The highest BCUT2D eigenvalue weighted by Gasteiger charge is 2.36. The maximum Gasteiger partial charge on any atom is 0.412 e. The number of nitrogens with zero attached hydrogens (tertiary/aromatic N) is 1. The summed E-state index contributed by atoms with van der Waals surface area (Å²) in [6.45, 7) is 7.32. The first-order chi connectivity index (χ1) is 15.7. The molecule has 3 saturated heterocycles. The average molecular weight is 473 g/mol. The number of fused-ring (bicyclic) bond motifs is 3. The molecule has 0 unspecified atom stereocenters. The first kappa shape index (κ1) is 24.5. The average Bonchev–Trinajstić information content (AvgIpc) is 3.08. The Bertz CT molecular complexity index is 1010. The van der Waals surface area contributed by atoms with Crippen LogP contribution >= 0.6 is 11.3 Å². The molecule has 5 rings (SSSR count). The number of thiophene rings is 1. The molecule has 0 aliphatic carbocycles. The Labute approximate surface area is 196 Å². The van der Waals surface area contributed by atoms with Crippen molar-refractivity contribution in [2.75, 3.05) is 25.0 Å². The number of hydrogen-bond donors (Lipinski definition) is 3. The summed E-state index contributed by atoms with van der Waals surface area (Å²) in [7, 11) is 0. The smallest absolute Gasteiger partial charge is 0.412 e. The van der Waals surface area contributed by atoms with Gasteiger partial charge in [-0.05, 0) is 56.8 Å². The molecular weight excluding hydrogens is 444 g/mol. The minimum Gasteiger partial charge on any atom is -0.478 e. The maximum atomic E-state index is 12.6. The first-order valence-corrected chi connectivity index (χ1v) is 11.6. The lowest BCUT2D eigenvalue weighted by molar-refractivity contribution is -0.134. The molecule has 2 aromatic rings. The number of piperidine rings is 3. The fourth-order valence-corrected chi connectivity index (χ4v) is 5.15. The normalized spacial score (nSPS) is 21.2. The number of amides is 1. The van der Waals surface area contributed by atoms with Gasteiger partial charge in [-0.1, -0.05) is 30.3 Å². The van der Waals surface area contributed by atoms with Crippen molar-refractivity contribution < 1.29 is 29.3 Å². The predicted molar refractivity (Wildman–Crippen MR) is 127 cm³/mol. The van der Waals surface area contributed by atoms with Crippen molar-refractivity contribution in [3.05, 3.63) is 52.9 Å². The lowest BCUT2D eigenvalue weighted by atomic mass is 9.86. The molecule has 0 radical (unpaired) electrons. The van der Waals surface area contributed by atoms with Crippen LogP contribution in [0.25, 0.3) is 10.4 Å². The van der Waals surface area contributed by atoms with Crippen LogP contribution in [0.3, 0.4) is 0 Å². The van der Waals surface area contributed by atoms with Crippen molar-refractivity contribution in [1.29, 1.82) is 0 Å². The number of rotatable bonds is 5. The van der Waals surface area contributed by atoms with E-state index in [0.717, 1.165) is 54.2 Å². The van der Waals surface area contributed by atoms with E-state index in [-0.39, 0.29) is 12.2 Å². The highest BCUT2D eigenvalue weighted by molar-refractivity contribution is 7.16. The van der Waals surface area contributed by atoms with Gasteiger partial charge in [0.25, 0.3) is 0 Å². The SMILES string of the molecule is Cc1sc(-c2ccccc2)c(NC(=O)O[C@H]2CN3CCC2CC3)c1C.O=C(O)/C=C/C(=O)O. The first-order valence-electron chi connectivity index (χ1n) is 10.7. The molecule has 1 atom stereocenters. The van der Waals surface area contributed by atoms with E-state index in [2.05, 4.69) is 36.2 Å². The zero-order valence-corrected chi connectivity index (χ0v) is 19.4. The Balaban J connectivity index is 0.000000331. The maximum absolute atomic E-state index is 12.6. The molecule has 3 aliphatic heterocycles. The molecule has 1 aromatic heterocycles. The summed E-state index contributed by atoms with van der Waals surface area (Å²) in [6, 6.07) is 10.2. The van der Waals surface area contributed by atoms with Gasteiger partial charge in [-0.15, -0.1) is 11.3 Å². The third-order valence-electron chi connectivity index (χ3n) is 5.87. The van der Waals surface area contributed by atoms with Crippen LogP contribution in [0.15, 0.2) is 42.5 Å². The van der Waals surface area contributed by atoms with Crippen LogP contribution in [0, 0.1) is 19.8 Å². The van der Waals surface area contributed by atoms with Gasteiger partial charge in [-0.2, -0.15) is 0 Å². The quantitative estimate of drug-likeness (QED) is 0.553. The van der Waals surface area contributed by atoms with Crippen LogP contribution < -0.4 is 5.32 Å². The van der Waals surface area contributed by atoms with Gasteiger partial charge in [-0.3, -0.25) is 10.2 Å². The van der Waals surface area contributed by atoms with Gasteiger partial charge in [0.05, 0.1) is 10.6 Å². The summed E-state index contributed by atoms with van der Waals surface area (Å²) in [5, 5.41) is 18.7. The summed E-state index contributed by atoms with van der Waals surface area (Å²) in [6.07, 6.45) is 3.11. The van der Waals surface area contributed by atoms with Crippen LogP contribution in [-0.2, 0) is 14.3 Å². The van der Waals surface area contributed by atoms with Gasteiger partial charge in [-0.25, -0.2) is 14.4 Å². The number of hydrogen-bond acceptors (Lipinski definition) is 6. The largest absolute Gasteiger partial charge is 0.478 e.